The highest BCUT2D eigenvalue weighted by molar-refractivity contribution is 6.31. The Morgan fingerprint density at radius 1 is 1.21 bits per heavy atom. The summed E-state index contributed by atoms with van der Waals surface area (Å²) < 4.78 is 2.02. The van der Waals surface area contributed by atoms with E-state index in [4.69, 9.17) is 26.7 Å². The van der Waals surface area contributed by atoms with Crippen LogP contribution in [0.1, 0.15) is 55.8 Å². The van der Waals surface area contributed by atoms with Gasteiger partial charge in [-0.25, -0.2) is 4.98 Å². The molecular weight excluding hydrogens is 450 g/mol. The Labute approximate surface area is 202 Å². The SMILES string of the molecule is CCN(c1cccnc1)c1nc(C2C(=O)Nc3ccc(Cl)cc32)c2cn(C3CCCC3)nc2n1. The Hall–Kier alpha value is -3.52. The predicted molar refractivity (Wildman–Crippen MR) is 132 cm³/mol. The monoisotopic (exact) mass is 473 g/mol. The smallest absolute Gasteiger partial charge is 0.238 e. The highest BCUT2D eigenvalue weighted by Crippen LogP contribution is 2.41. The standard InChI is InChI=1S/C25H24ClN7O/c1-2-32(17-8-5-11-27-13-17)25-29-22(21-18-12-15(26)9-10-20(18)28-24(21)34)19-14-33(31-23(19)30-25)16-6-3-4-7-16/h5,8-14,16,21H,2-4,6-7H2,1H3,(H,28,34). The largest absolute Gasteiger partial charge is 0.325 e. The van der Waals surface area contributed by atoms with Crippen molar-refractivity contribution in [3.05, 3.63) is 65.2 Å². The molecule has 1 aromatic carbocycles. The number of carbonyl (C=O) groups is 1. The minimum absolute atomic E-state index is 0.124. The second-order valence-corrected chi connectivity index (χ2v) is 9.24. The zero-order valence-electron chi connectivity index (χ0n) is 18.8. The van der Waals surface area contributed by atoms with Gasteiger partial charge in [0.15, 0.2) is 5.65 Å². The molecule has 0 spiro atoms. The number of carbonyl (C=O) groups excluding carboxylic acids is 1. The molecule has 0 bridgehead atoms. The molecule has 1 saturated carbocycles. The van der Waals surface area contributed by atoms with Crippen molar-refractivity contribution in [2.45, 2.75) is 44.6 Å². The Bertz CT molecular complexity index is 1380. The van der Waals surface area contributed by atoms with E-state index >= 15 is 0 Å². The average Bonchev–Trinajstić information content (AvgIpc) is 3.58. The Morgan fingerprint density at radius 3 is 2.82 bits per heavy atom. The molecule has 1 aliphatic carbocycles. The molecule has 1 aliphatic heterocycles. The van der Waals surface area contributed by atoms with Crippen molar-refractivity contribution < 1.29 is 4.79 Å². The lowest BCUT2D eigenvalue weighted by molar-refractivity contribution is -0.116. The molecule has 0 saturated heterocycles. The third-order valence-corrected chi connectivity index (χ3v) is 6.98. The fourth-order valence-electron chi connectivity index (χ4n) is 5.09. The number of hydrogen-bond donors (Lipinski definition) is 1. The van der Waals surface area contributed by atoms with Crippen LogP contribution in [0.5, 0.6) is 0 Å². The van der Waals surface area contributed by atoms with Gasteiger partial charge in [-0.15, -0.1) is 0 Å². The highest BCUT2D eigenvalue weighted by Gasteiger charge is 2.36. The van der Waals surface area contributed by atoms with E-state index in [1.807, 2.05) is 47.0 Å². The molecule has 8 nitrogen and oxygen atoms in total. The molecule has 1 N–H and O–H groups in total. The maximum atomic E-state index is 13.2. The van der Waals surface area contributed by atoms with Gasteiger partial charge in [0, 0.05) is 29.6 Å². The number of aromatic nitrogens is 5. The minimum atomic E-state index is -0.591. The topological polar surface area (TPSA) is 88.8 Å². The van der Waals surface area contributed by atoms with E-state index in [9.17, 15) is 4.79 Å². The Balaban J connectivity index is 1.56. The maximum absolute atomic E-state index is 13.2. The normalized spacial score (nSPS) is 17.8. The first-order chi connectivity index (χ1) is 16.6. The van der Waals surface area contributed by atoms with Gasteiger partial charge < -0.3 is 10.2 Å². The van der Waals surface area contributed by atoms with Crippen LogP contribution < -0.4 is 10.2 Å². The van der Waals surface area contributed by atoms with Gasteiger partial charge in [-0.3, -0.25) is 14.5 Å². The molecule has 0 radical (unpaired) electrons. The number of halogens is 1. The molecule has 2 aliphatic rings. The minimum Gasteiger partial charge on any atom is -0.325 e. The van der Waals surface area contributed by atoms with Crippen molar-refractivity contribution in [2.75, 3.05) is 16.8 Å². The highest BCUT2D eigenvalue weighted by atomic mass is 35.5. The third-order valence-electron chi connectivity index (χ3n) is 6.75. The zero-order valence-corrected chi connectivity index (χ0v) is 19.5. The molecule has 1 fully saturated rings. The van der Waals surface area contributed by atoms with Crippen molar-refractivity contribution in [1.29, 1.82) is 0 Å². The van der Waals surface area contributed by atoms with Crippen LogP contribution in [0, 0.1) is 0 Å². The quantitative estimate of drug-likeness (QED) is 0.427. The molecule has 4 aromatic rings. The molecule has 1 amide bonds. The van der Waals surface area contributed by atoms with Crippen molar-refractivity contribution in [1.82, 2.24) is 24.7 Å². The molecular formula is C25H24ClN7O. The van der Waals surface area contributed by atoms with Gasteiger partial charge in [-0.05, 0) is 55.7 Å². The van der Waals surface area contributed by atoms with Crippen LogP contribution in [0.3, 0.4) is 0 Å². The molecule has 172 valence electrons. The van der Waals surface area contributed by atoms with Gasteiger partial charge in [-0.1, -0.05) is 24.4 Å². The lowest BCUT2D eigenvalue weighted by Gasteiger charge is -2.21. The average molecular weight is 474 g/mol. The first-order valence-corrected chi connectivity index (χ1v) is 12.0. The van der Waals surface area contributed by atoms with Gasteiger partial charge in [0.2, 0.25) is 11.9 Å². The van der Waals surface area contributed by atoms with Crippen LogP contribution in [-0.2, 0) is 4.79 Å². The van der Waals surface area contributed by atoms with E-state index < -0.39 is 5.92 Å². The summed E-state index contributed by atoms with van der Waals surface area (Å²) in [5.74, 6) is -0.217. The van der Waals surface area contributed by atoms with Crippen molar-refractivity contribution in [3.63, 3.8) is 0 Å². The second-order valence-electron chi connectivity index (χ2n) is 8.80. The number of amides is 1. The van der Waals surface area contributed by atoms with Gasteiger partial charge in [0.05, 0.1) is 29.0 Å². The molecule has 3 aromatic heterocycles. The predicted octanol–water partition coefficient (Wildman–Crippen LogP) is 5.23. The summed E-state index contributed by atoms with van der Waals surface area (Å²) in [7, 11) is 0. The van der Waals surface area contributed by atoms with E-state index in [0.717, 1.165) is 35.2 Å². The molecule has 1 unspecified atom stereocenters. The lowest BCUT2D eigenvalue weighted by Crippen LogP contribution is -2.21. The molecule has 6 rings (SSSR count). The first-order valence-electron chi connectivity index (χ1n) is 11.7. The number of benzene rings is 1. The number of anilines is 3. The van der Waals surface area contributed by atoms with Crippen LogP contribution >= 0.6 is 11.6 Å². The zero-order chi connectivity index (χ0) is 23.2. The Kier molecular flexibility index (Phi) is 5.17. The number of pyridine rings is 1. The Morgan fingerprint density at radius 2 is 2.06 bits per heavy atom. The summed E-state index contributed by atoms with van der Waals surface area (Å²) in [6.45, 7) is 2.67. The van der Waals surface area contributed by atoms with Gasteiger partial charge >= 0.3 is 0 Å². The van der Waals surface area contributed by atoms with E-state index in [-0.39, 0.29) is 5.91 Å². The summed E-state index contributed by atoms with van der Waals surface area (Å²) in [5.41, 5.74) is 3.70. The van der Waals surface area contributed by atoms with Crippen LogP contribution in [0.2, 0.25) is 5.02 Å². The van der Waals surface area contributed by atoms with E-state index in [1.54, 1.807) is 18.5 Å². The number of rotatable bonds is 5. The van der Waals surface area contributed by atoms with Crippen LogP contribution in [0.25, 0.3) is 11.0 Å². The molecule has 9 heteroatoms. The molecule has 4 heterocycles. The summed E-state index contributed by atoms with van der Waals surface area (Å²) in [6.07, 6.45) is 10.1. The van der Waals surface area contributed by atoms with E-state index in [1.165, 1.54) is 12.8 Å². The number of nitrogens with one attached hydrogen (secondary N) is 1. The second kappa shape index (κ2) is 8.36. The fourth-order valence-corrected chi connectivity index (χ4v) is 5.27. The third kappa shape index (κ3) is 3.49. The van der Waals surface area contributed by atoms with Gasteiger partial charge in [0.1, 0.15) is 5.92 Å². The lowest BCUT2D eigenvalue weighted by atomic mass is 9.95. The first kappa shape index (κ1) is 21.0. The van der Waals surface area contributed by atoms with Crippen LogP contribution in [-0.4, -0.2) is 37.2 Å². The summed E-state index contributed by atoms with van der Waals surface area (Å²) in [6, 6.07) is 9.67. The molecule has 1 atom stereocenters. The van der Waals surface area contributed by atoms with Crippen molar-refractivity contribution in [3.8, 4) is 0 Å². The summed E-state index contributed by atoms with van der Waals surface area (Å²) >= 11 is 6.31. The number of nitrogens with zero attached hydrogens (tertiary/aromatic N) is 6. The summed E-state index contributed by atoms with van der Waals surface area (Å²) in [5, 5.41) is 9.23. The maximum Gasteiger partial charge on any atom is 0.238 e. The van der Waals surface area contributed by atoms with Crippen molar-refractivity contribution in [2.24, 2.45) is 0 Å². The van der Waals surface area contributed by atoms with Crippen LogP contribution in [0.4, 0.5) is 17.3 Å². The van der Waals surface area contributed by atoms with Gasteiger partial charge in [0.25, 0.3) is 0 Å². The van der Waals surface area contributed by atoms with E-state index in [2.05, 4.69) is 10.3 Å². The molecule has 34 heavy (non-hydrogen) atoms. The fraction of sp³-hybridized carbons (Fsp3) is 0.320. The summed E-state index contributed by atoms with van der Waals surface area (Å²) in [4.78, 5) is 29.3. The van der Waals surface area contributed by atoms with Crippen molar-refractivity contribution >= 4 is 45.9 Å². The van der Waals surface area contributed by atoms with Gasteiger partial charge in [-0.2, -0.15) is 10.1 Å². The van der Waals surface area contributed by atoms with E-state index in [0.29, 0.717) is 34.9 Å². The number of fused-ring (bicyclic) bond motifs is 2. The number of hydrogen-bond acceptors (Lipinski definition) is 6. The van der Waals surface area contributed by atoms with Crippen LogP contribution in [0.15, 0.2) is 48.9 Å².